The highest BCUT2D eigenvalue weighted by molar-refractivity contribution is 6.60. The Morgan fingerprint density at radius 2 is 0.868 bits per heavy atom. The molecule has 0 radical (unpaired) electrons. The van der Waals surface area contributed by atoms with Gasteiger partial charge < -0.3 is 32.2 Å². The number of hydrogen-bond acceptors (Lipinski definition) is 7. The van der Waals surface area contributed by atoms with E-state index < -0.39 is 8.80 Å². The Morgan fingerprint density at radius 1 is 0.447 bits per heavy atom. The van der Waals surface area contributed by atoms with Crippen LogP contribution in [0.1, 0.15) is 103 Å². The van der Waals surface area contributed by atoms with E-state index in [1.807, 2.05) is 0 Å². The summed E-state index contributed by atoms with van der Waals surface area (Å²) in [6.07, 6.45) is 24.1. The second-order valence-electron chi connectivity index (χ2n) is 9.86. The summed E-state index contributed by atoms with van der Waals surface area (Å²) in [4.78, 5) is 0. The van der Waals surface area contributed by atoms with Crippen LogP contribution in [-0.2, 0) is 32.2 Å². The fourth-order valence-electron chi connectivity index (χ4n) is 4.13. The lowest BCUT2D eigenvalue weighted by molar-refractivity contribution is 0.0127. The molecule has 0 aromatic rings. The fraction of sp³-hybridized carbons (Fsp3) is 0.933. The van der Waals surface area contributed by atoms with Crippen molar-refractivity contribution < 1.29 is 32.2 Å². The van der Waals surface area contributed by atoms with Crippen LogP contribution in [0.3, 0.4) is 0 Å². The number of hydrogen-bond donors (Lipinski definition) is 0. The summed E-state index contributed by atoms with van der Waals surface area (Å²) >= 11 is 0. The van der Waals surface area contributed by atoms with E-state index in [4.69, 9.17) is 32.2 Å². The van der Waals surface area contributed by atoms with Gasteiger partial charge in [0.1, 0.15) is 0 Å². The molecule has 38 heavy (non-hydrogen) atoms. The third-order valence-corrected chi connectivity index (χ3v) is 9.30. The van der Waals surface area contributed by atoms with E-state index in [1.54, 1.807) is 21.3 Å². The molecule has 0 N–H and O–H groups in total. The molecule has 0 aliphatic rings. The molecule has 0 rings (SSSR count). The van der Waals surface area contributed by atoms with Crippen LogP contribution in [-0.4, -0.2) is 83.0 Å². The molecule has 0 heterocycles. The van der Waals surface area contributed by atoms with E-state index in [1.165, 1.54) is 83.5 Å². The minimum atomic E-state index is -2.85. The summed E-state index contributed by atoms with van der Waals surface area (Å²) in [6.45, 7) is 6.62. The number of unbranched alkanes of at least 4 members (excludes halogenated alkanes) is 12. The van der Waals surface area contributed by atoms with Crippen molar-refractivity contribution in [3.8, 4) is 0 Å². The molecule has 228 valence electrons. The largest absolute Gasteiger partial charge is 0.501 e. The monoisotopic (exact) mass is 562 g/mol. The summed E-state index contributed by atoms with van der Waals surface area (Å²) in [5.41, 5.74) is 0. The molecule has 0 amide bonds. The smallest absolute Gasteiger partial charge is 0.382 e. The number of ether oxygens (including phenoxy) is 4. The lowest BCUT2D eigenvalue weighted by Gasteiger charge is -2.29. The predicted octanol–water partition coefficient (Wildman–Crippen LogP) is 7.36. The van der Waals surface area contributed by atoms with Gasteiger partial charge in [0.25, 0.3) is 0 Å². The summed E-state index contributed by atoms with van der Waals surface area (Å²) in [6, 6.07) is 0.706. The Morgan fingerprint density at radius 3 is 1.34 bits per heavy atom. The summed E-state index contributed by atoms with van der Waals surface area (Å²) < 4.78 is 39.6. The zero-order valence-electron chi connectivity index (χ0n) is 25.5. The third kappa shape index (κ3) is 25.9. The van der Waals surface area contributed by atoms with Crippen molar-refractivity contribution in [2.75, 3.05) is 74.2 Å². The maximum absolute atomic E-state index is 6.10. The van der Waals surface area contributed by atoms with Gasteiger partial charge in [0.05, 0.1) is 39.6 Å². The van der Waals surface area contributed by atoms with Crippen LogP contribution < -0.4 is 0 Å². The van der Waals surface area contributed by atoms with E-state index >= 15 is 0 Å². The van der Waals surface area contributed by atoms with Gasteiger partial charge in [-0.25, -0.2) is 0 Å². The molecule has 0 fully saturated rings. The highest BCUT2D eigenvalue weighted by atomic mass is 28.4. The quantitative estimate of drug-likeness (QED) is 0.0482. The highest BCUT2D eigenvalue weighted by Crippen LogP contribution is 2.19. The van der Waals surface area contributed by atoms with Crippen LogP contribution in [0.25, 0.3) is 0 Å². The minimum absolute atomic E-state index is 0.443. The van der Waals surface area contributed by atoms with Gasteiger partial charge in [-0.3, -0.25) is 0 Å². The molecule has 0 saturated carbocycles. The molecule has 0 aromatic carbocycles. The van der Waals surface area contributed by atoms with Crippen LogP contribution in [0.15, 0.2) is 12.2 Å². The van der Waals surface area contributed by atoms with Crippen molar-refractivity contribution in [3.63, 3.8) is 0 Å². The lowest BCUT2D eigenvalue weighted by Crippen LogP contribution is -2.48. The average molecular weight is 563 g/mol. The Bertz CT molecular complexity index is 453. The average Bonchev–Trinajstić information content (AvgIpc) is 2.92. The van der Waals surface area contributed by atoms with Crippen LogP contribution in [0, 0.1) is 0 Å². The van der Waals surface area contributed by atoms with Crippen molar-refractivity contribution in [1.29, 1.82) is 0 Å². The minimum Gasteiger partial charge on any atom is -0.382 e. The molecule has 0 atom stereocenters. The van der Waals surface area contributed by atoms with Crippen LogP contribution >= 0.6 is 0 Å². The zero-order valence-corrected chi connectivity index (χ0v) is 26.5. The maximum Gasteiger partial charge on any atom is 0.501 e. The lowest BCUT2D eigenvalue weighted by atomic mass is 10.1. The van der Waals surface area contributed by atoms with Gasteiger partial charge in [0.15, 0.2) is 0 Å². The fourth-order valence-corrected chi connectivity index (χ4v) is 6.57. The normalized spacial score (nSPS) is 12.2. The molecule has 0 bridgehead atoms. The summed E-state index contributed by atoms with van der Waals surface area (Å²) in [5.74, 6) is 0. The summed E-state index contributed by atoms with van der Waals surface area (Å²) in [5, 5.41) is 0. The first-order valence-corrected chi connectivity index (χ1v) is 17.3. The molecule has 0 aliphatic heterocycles. The molecule has 0 aromatic heterocycles. The maximum atomic E-state index is 6.10. The van der Waals surface area contributed by atoms with Gasteiger partial charge in [0, 0.05) is 40.6 Å². The van der Waals surface area contributed by atoms with Gasteiger partial charge in [-0.2, -0.15) is 0 Å². The standard InChI is InChI=1S/C30H62O7Si/c1-5-6-7-8-9-10-11-12-13-14-15-16-17-18-19-20-22-34-23-21-30-38(35-27-24-31-2,36-28-25-32-3)37-29-26-33-4/h12-13H,5-11,14-30H2,1-4H3/b13-12-. The molecule has 0 saturated heterocycles. The molecular weight excluding hydrogens is 500 g/mol. The Labute approximate surface area is 236 Å². The van der Waals surface area contributed by atoms with Gasteiger partial charge in [-0.1, -0.05) is 76.9 Å². The van der Waals surface area contributed by atoms with E-state index in [-0.39, 0.29) is 0 Å². The first-order valence-electron chi connectivity index (χ1n) is 15.4. The Balaban J connectivity index is 3.83. The number of rotatable bonds is 32. The number of methoxy groups -OCH3 is 3. The SMILES string of the molecule is CCCCCCCC/C=C\CCCCCCCCOCCC[Si](OCCOC)(OCCOC)OCCOC. The Hall–Kier alpha value is -0.323. The van der Waals surface area contributed by atoms with E-state index in [0.29, 0.717) is 52.3 Å². The van der Waals surface area contributed by atoms with Crippen molar-refractivity contribution in [1.82, 2.24) is 0 Å². The Kier molecular flexibility index (Phi) is 30.9. The van der Waals surface area contributed by atoms with Gasteiger partial charge >= 0.3 is 8.80 Å². The summed E-state index contributed by atoms with van der Waals surface area (Å²) in [7, 11) is 2.14. The zero-order chi connectivity index (χ0) is 27.8. The molecule has 7 nitrogen and oxygen atoms in total. The van der Waals surface area contributed by atoms with E-state index in [9.17, 15) is 0 Å². The van der Waals surface area contributed by atoms with Gasteiger partial charge in [-0.05, 0) is 38.5 Å². The molecule has 0 aliphatic carbocycles. The van der Waals surface area contributed by atoms with Crippen LogP contribution in [0.5, 0.6) is 0 Å². The molecular formula is C30H62O7Si. The van der Waals surface area contributed by atoms with Crippen LogP contribution in [0.4, 0.5) is 0 Å². The highest BCUT2D eigenvalue weighted by Gasteiger charge is 2.40. The van der Waals surface area contributed by atoms with E-state index in [2.05, 4.69) is 19.1 Å². The van der Waals surface area contributed by atoms with Crippen molar-refractivity contribution in [2.45, 2.75) is 109 Å². The van der Waals surface area contributed by atoms with Crippen molar-refractivity contribution >= 4 is 8.80 Å². The predicted molar refractivity (Wildman–Crippen MR) is 159 cm³/mol. The number of allylic oxidation sites excluding steroid dienone is 2. The van der Waals surface area contributed by atoms with E-state index in [0.717, 1.165) is 19.4 Å². The topological polar surface area (TPSA) is 64.6 Å². The van der Waals surface area contributed by atoms with Gasteiger partial charge in [0.2, 0.25) is 0 Å². The molecule has 8 heteroatoms. The second kappa shape index (κ2) is 31.2. The van der Waals surface area contributed by atoms with Crippen LogP contribution in [0.2, 0.25) is 6.04 Å². The molecule has 0 unspecified atom stereocenters. The second-order valence-corrected chi connectivity index (χ2v) is 12.6. The molecule has 0 spiro atoms. The third-order valence-electron chi connectivity index (χ3n) is 6.40. The first kappa shape index (κ1) is 37.7. The van der Waals surface area contributed by atoms with Gasteiger partial charge in [-0.15, -0.1) is 0 Å². The van der Waals surface area contributed by atoms with Crippen molar-refractivity contribution in [2.24, 2.45) is 0 Å². The van der Waals surface area contributed by atoms with Crippen molar-refractivity contribution in [3.05, 3.63) is 12.2 Å². The first-order chi connectivity index (χ1) is 18.7.